The highest BCUT2D eigenvalue weighted by Gasteiger charge is 2.10. The van der Waals surface area contributed by atoms with Gasteiger partial charge in [0.1, 0.15) is 5.82 Å². The van der Waals surface area contributed by atoms with Crippen LogP contribution >= 0.6 is 15.9 Å². The summed E-state index contributed by atoms with van der Waals surface area (Å²) in [6, 6.07) is 13.1. The Hall–Kier alpha value is -1.19. The van der Waals surface area contributed by atoms with E-state index in [0.717, 1.165) is 17.5 Å². The number of rotatable bonds is 3. The maximum atomic E-state index is 14.0. The van der Waals surface area contributed by atoms with Gasteiger partial charge in [0.05, 0.1) is 4.47 Å². The molecule has 1 nitrogen and oxygen atoms in total. The fourth-order valence-electron chi connectivity index (χ4n) is 1.90. The lowest BCUT2D eigenvalue weighted by Gasteiger charge is -2.11. The smallest absolute Gasteiger partial charge is 0.145 e. The van der Waals surface area contributed by atoms with Crippen LogP contribution in [0.4, 0.5) is 4.39 Å². The first-order valence-electron chi connectivity index (χ1n) is 5.93. The molecule has 0 amide bonds. The van der Waals surface area contributed by atoms with Crippen molar-refractivity contribution in [1.82, 2.24) is 0 Å². The molecule has 0 spiro atoms. The Kier molecular flexibility index (Phi) is 4.15. The second kappa shape index (κ2) is 5.63. The van der Waals surface area contributed by atoms with Crippen LogP contribution in [-0.2, 0) is 0 Å². The van der Waals surface area contributed by atoms with Crippen LogP contribution in [-0.4, -0.2) is 0 Å². The van der Waals surface area contributed by atoms with Crippen LogP contribution in [0, 0.1) is 5.82 Å². The highest BCUT2D eigenvalue weighted by atomic mass is 79.9. The summed E-state index contributed by atoms with van der Waals surface area (Å²) in [4.78, 5) is 0. The molecule has 0 saturated carbocycles. The second-order valence-corrected chi connectivity index (χ2v) is 5.10. The van der Waals surface area contributed by atoms with Gasteiger partial charge >= 0.3 is 0 Å². The van der Waals surface area contributed by atoms with Crippen molar-refractivity contribution in [2.24, 2.45) is 5.73 Å². The topological polar surface area (TPSA) is 26.0 Å². The monoisotopic (exact) mass is 307 g/mol. The van der Waals surface area contributed by atoms with Gasteiger partial charge < -0.3 is 5.73 Å². The normalized spacial score (nSPS) is 12.4. The molecule has 0 aliphatic carbocycles. The van der Waals surface area contributed by atoms with Gasteiger partial charge in [0, 0.05) is 11.6 Å². The third-order valence-electron chi connectivity index (χ3n) is 3.02. The van der Waals surface area contributed by atoms with Crippen molar-refractivity contribution in [2.75, 3.05) is 0 Å². The van der Waals surface area contributed by atoms with E-state index in [4.69, 9.17) is 5.73 Å². The average Bonchev–Trinajstić information content (AvgIpc) is 2.41. The van der Waals surface area contributed by atoms with Gasteiger partial charge in [-0.15, -0.1) is 0 Å². The van der Waals surface area contributed by atoms with E-state index in [0.29, 0.717) is 10.0 Å². The Morgan fingerprint density at radius 3 is 2.67 bits per heavy atom. The number of hydrogen-bond donors (Lipinski definition) is 1. The molecule has 2 aromatic rings. The van der Waals surface area contributed by atoms with E-state index in [9.17, 15) is 4.39 Å². The van der Waals surface area contributed by atoms with Crippen LogP contribution in [0.15, 0.2) is 46.9 Å². The van der Waals surface area contributed by atoms with Crippen molar-refractivity contribution < 1.29 is 4.39 Å². The van der Waals surface area contributed by atoms with Crippen LogP contribution in [0.25, 0.3) is 11.1 Å². The highest BCUT2D eigenvalue weighted by molar-refractivity contribution is 9.10. The van der Waals surface area contributed by atoms with Crippen molar-refractivity contribution in [3.63, 3.8) is 0 Å². The van der Waals surface area contributed by atoms with Crippen molar-refractivity contribution in [3.05, 3.63) is 58.3 Å². The van der Waals surface area contributed by atoms with Crippen molar-refractivity contribution >= 4 is 15.9 Å². The number of benzene rings is 2. The Labute approximate surface area is 115 Å². The summed E-state index contributed by atoms with van der Waals surface area (Å²) in [5.41, 5.74) is 8.49. The fourth-order valence-corrected chi connectivity index (χ4v) is 2.27. The number of halogens is 2. The Morgan fingerprint density at radius 2 is 1.94 bits per heavy atom. The first-order valence-corrected chi connectivity index (χ1v) is 6.72. The molecular weight excluding hydrogens is 293 g/mol. The van der Waals surface area contributed by atoms with E-state index in [1.165, 1.54) is 0 Å². The molecule has 2 aromatic carbocycles. The molecule has 2 N–H and O–H groups in total. The van der Waals surface area contributed by atoms with Gasteiger partial charge in [0.25, 0.3) is 0 Å². The van der Waals surface area contributed by atoms with Crippen LogP contribution in [0.2, 0.25) is 0 Å². The minimum atomic E-state index is -0.236. The van der Waals surface area contributed by atoms with Crippen LogP contribution in [0.5, 0.6) is 0 Å². The molecule has 3 heteroatoms. The predicted molar refractivity (Wildman–Crippen MR) is 76.8 cm³/mol. The van der Waals surface area contributed by atoms with Crippen molar-refractivity contribution in [3.8, 4) is 11.1 Å². The van der Waals surface area contributed by atoms with Gasteiger partial charge in [-0.3, -0.25) is 0 Å². The van der Waals surface area contributed by atoms with Gasteiger partial charge in [0.15, 0.2) is 0 Å². The summed E-state index contributed by atoms with van der Waals surface area (Å²) in [6.45, 7) is 2.04. The summed E-state index contributed by atoms with van der Waals surface area (Å²) in [5, 5.41) is 0. The van der Waals surface area contributed by atoms with Gasteiger partial charge in [-0.25, -0.2) is 4.39 Å². The molecule has 1 unspecified atom stereocenters. The molecule has 0 aromatic heterocycles. The molecule has 1 atom stereocenters. The Bertz CT molecular complexity index is 554. The molecule has 94 valence electrons. The summed E-state index contributed by atoms with van der Waals surface area (Å²) >= 11 is 3.20. The molecule has 0 radical (unpaired) electrons. The Morgan fingerprint density at radius 1 is 1.22 bits per heavy atom. The second-order valence-electron chi connectivity index (χ2n) is 4.24. The van der Waals surface area contributed by atoms with Gasteiger partial charge in [0.2, 0.25) is 0 Å². The first-order chi connectivity index (χ1) is 8.63. The zero-order chi connectivity index (χ0) is 13.1. The zero-order valence-electron chi connectivity index (χ0n) is 10.2. The summed E-state index contributed by atoms with van der Waals surface area (Å²) < 4.78 is 14.5. The number of nitrogens with two attached hydrogens (primary N) is 1. The van der Waals surface area contributed by atoms with E-state index in [-0.39, 0.29) is 11.9 Å². The van der Waals surface area contributed by atoms with Gasteiger partial charge in [-0.1, -0.05) is 37.3 Å². The molecule has 18 heavy (non-hydrogen) atoms. The van der Waals surface area contributed by atoms with E-state index in [2.05, 4.69) is 15.9 Å². The average molecular weight is 308 g/mol. The van der Waals surface area contributed by atoms with Crippen LogP contribution < -0.4 is 5.73 Å². The van der Waals surface area contributed by atoms with Crippen LogP contribution in [0.1, 0.15) is 24.9 Å². The molecule has 0 saturated heterocycles. The minimum Gasteiger partial charge on any atom is -0.324 e. The maximum absolute atomic E-state index is 14.0. The highest BCUT2D eigenvalue weighted by Crippen LogP contribution is 2.29. The molecule has 0 heterocycles. The summed E-state index contributed by atoms with van der Waals surface area (Å²) in [5.74, 6) is -0.236. The molecule has 0 aliphatic heterocycles. The summed E-state index contributed by atoms with van der Waals surface area (Å²) in [6.07, 6.45) is 0.865. The third-order valence-corrected chi connectivity index (χ3v) is 3.63. The van der Waals surface area contributed by atoms with E-state index < -0.39 is 0 Å². The van der Waals surface area contributed by atoms with Crippen molar-refractivity contribution in [2.45, 2.75) is 19.4 Å². The van der Waals surface area contributed by atoms with Gasteiger partial charge in [-0.2, -0.15) is 0 Å². The fraction of sp³-hybridized carbons (Fsp3) is 0.200. The van der Waals surface area contributed by atoms with E-state index in [1.807, 2.05) is 37.3 Å². The third kappa shape index (κ3) is 2.62. The molecule has 0 aliphatic rings. The largest absolute Gasteiger partial charge is 0.324 e. The first kappa shape index (κ1) is 13.2. The lowest BCUT2D eigenvalue weighted by molar-refractivity contribution is 0.624. The van der Waals surface area contributed by atoms with Crippen LogP contribution in [0.3, 0.4) is 0 Å². The molecule has 0 bridgehead atoms. The summed E-state index contributed by atoms with van der Waals surface area (Å²) in [7, 11) is 0. The van der Waals surface area contributed by atoms with Crippen molar-refractivity contribution in [1.29, 1.82) is 0 Å². The quantitative estimate of drug-likeness (QED) is 0.876. The SMILES string of the molecule is CCC(N)c1cccc(-c2cccc(Br)c2F)c1. The minimum absolute atomic E-state index is 0.000152. The van der Waals surface area contributed by atoms with E-state index >= 15 is 0 Å². The standard InChI is InChI=1S/C15H15BrFN/c1-2-14(18)11-6-3-5-10(9-11)12-7-4-8-13(16)15(12)17/h3-9,14H,2,18H2,1H3. The predicted octanol–water partition coefficient (Wildman–Crippen LogP) is 4.67. The van der Waals surface area contributed by atoms with E-state index in [1.54, 1.807) is 12.1 Å². The lowest BCUT2D eigenvalue weighted by atomic mass is 9.98. The number of hydrogen-bond acceptors (Lipinski definition) is 1. The molecule has 2 rings (SSSR count). The molecule has 0 fully saturated rings. The zero-order valence-corrected chi connectivity index (χ0v) is 11.7. The maximum Gasteiger partial charge on any atom is 0.145 e. The molecular formula is C15H15BrFN. The Balaban J connectivity index is 2.48. The lowest BCUT2D eigenvalue weighted by Crippen LogP contribution is -2.08. The van der Waals surface area contributed by atoms with Gasteiger partial charge in [-0.05, 0) is 45.6 Å².